The van der Waals surface area contributed by atoms with Gasteiger partial charge in [0.05, 0.1) is 12.7 Å². The van der Waals surface area contributed by atoms with Gasteiger partial charge in [-0.15, -0.1) is 0 Å². The smallest absolute Gasteiger partial charge is 0.338 e. The zero-order valence-electron chi connectivity index (χ0n) is 16.4. The van der Waals surface area contributed by atoms with Gasteiger partial charge in [-0.2, -0.15) is 0 Å². The molecule has 0 unspecified atom stereocenters. The summed E-state index contributed by atoms with van der Waals surface area (Å²) in [5.74, 6) is -1.92. The fourth-order valence-electron chi connectivity index (χ4n) is 2.95. The molecule has 2 atom stereocenters. The Labute approximate surface area is 164 Å². The van der Waals surface area contributed by atoms with E-state index >= 15 is 0 Å². The Bertz CT molecular complexity index is 748. The molecule has 152 valence electrons. The number of nitrogens with one attached hydrogen (secondary N) is 1. The lowest BCUT2D eigenvalue weighted by atomic mass is 9.99. The Kier molecular flexibility index (Phi) is 7.54. The van der Waals surface area contributed by atoms with Crippen LogP contribution in [0.4, 0.5) is 5.69 Å². The van der Waals surface area contributed by atoms with Crippen LogP contribution in [-0.4, -0.2) is 50.1 Å². The Morgan fingerprint density at radius 2 is 2.04 bits per heavy atom. The van der Waals surface area contributed by atoms with Crippen molar-refractivity contribution in [3.63, 3.8) is 0 Å². The molecule has 2 amide bonds. The number of carbonyl (C=O) groups is 4. The van der Waals surface area contributed by atoms with Gasteiger partial charge in [-0.1, -0.05) is 26.3 Å². The second-order valence-corrected chi connectivity index (χ2v) is 6.73. The van der Waals surface area contributed by atoms with E-state index in [0.29, 0.717) is 25.1 Å². The molecule has 8 heteroatoms. The molecule has 0 spiro atoms. The molecule has 0 bridgehead atoms. The lowest BCUT2D eigenvalue weighted by molar-refractivity contribution is -0.147. The van der Waals surface area contributed by atoms with Crippen molar-refractivity contribution in [2.75, 3.05) is 25.2 Å². The first-order chi connectivity index (χ1) is 13.4. The molecule has 1 aromatic carbocycles. The number of hydrogen-bond donors (Lipinski definition) is 1. The molecular weight excluding hydrogens is 364 g/mol. The van der Waals surface area contributed by atoms with Gasteiger partial charge < -0.3 is 19.7 Å². The van der Waals surface area contributed by atoms with E-state index in [0.717, 1.165) is 6.42 Å². The predicted octanol–water partition coefficient (Wildman–Crippen LogP) is 1.67. The third-order valence-electron chi connectivity index (χ3n) is 4.79. The number of nitrogens with zero attached hydrogens (tertiary/aromatic N) is 1. The molecule has 1 aliphatic heterocycles. The number of rotatable bonds is 8. The zero-order chi connectivity index (χ0) is 20.7. The van der Waals surface area contributed by atoms with E-state index in [1.54, 1.807) is 29.2 Å². The van der Waals surface area contributed by atoms with Crippen molar-refractivity contribution in [2.24, 2.45) is 5.92 Å². The number of amides is 2. The minimum absolute atomic E-state index is 0.0174. The van der Waals surface area contributed by atoms with Crippen molar-refractivity contribution in [1.29, 1.82) is 0 Å². The second-order valence-electron chi connectivity index (χ2n) is 6.73. The Morgan fingerprint density at radius 3 is 2.64 bits per heavy atom. The van der Waals surface area contributed by atoms with E-state index in [9.17, 15) is 19.2 Å². The number of methoxy groups -OCH3 is 1. The maximum Gasteiger partial charge on any atom is 0.338 e. The fraction of sp³-hybridized carbons (Fsp3) is 0.500. The maximum absolute atomic E-state index is 12.3. The first-order valence-electron chi connectivity index (χ1n) is 9.32. The van der Waals surface area contributed by atoms with Gasteiger partial charge in [-0.3, -0.25) is 9.59 Å². The normalized spacial score (nSPS) is 15.7. The first kappa shape index (κ1) is 21.4. The summed E-state index contributed by atoms with van der Waals surface area (Å²) < 4.78 is 9.76. The summed E-state index contributed by atoms with van der Waals surface area (Å²) >= 11 is 0. The Hall–Kier alpha value is -2.90. The van der Waals surface area contributed by atoms with Crippen LogP contribution in [-0.2, 0) is 23.9 Å². The number of esters is 2. The molecule has 1 N–H and O–H groups in total. The van der Waals surface area contributed by atoms with Crippen LogP contribution in [0.25, 0.3) is 0 Å². The highest BCUT2D eigenvalue weighted by Gasteiger charge is 2.27. The lowest BCUT2D eigenvalue weighted by Crippen LogP contribution is -2.47. The number of hydrogen-bond acceptors (Lipinski definition) is 6. The van der Waals surface area contributed by atoms with Gasteiger partial charge in [0, 0.05) is 18.7 Å². The molecule has 28 heavy (non-hydrogen) atoms. The number of benzene rings is 1. The van der Waals surface area contributed by atoms with Crippen LogP contribution >= 0.6 is 0 Å². The van der Waals surface area contributed by atoms with Crippen LogP contribution in [0.3, 0.4) is 0 Å². The molecule has 2 rings (SSSR count). The van der Waals surface area contributed by atoms with Crippen molar-refractivity contribution in [3.8, 4) is 0 Å². The molecule has 1 aliphatic rings. The van der Waals surface area contributed by atoms with Gasteiger partial charge in [-0.05, 0) is 30.5 Å². The SMILES string of the molecule is CC[C@H](C)[C@@H](NC(=O)COC(=O)c1cccc(N2CCCC2=O)c1)C(=O)OC. The molecule has 0 aliphatic carbocycles. The average molecular weight is 390 g/mol. The molecule has 1 fully saturated rings. The lowest BCUT2D eigenvalue weighted by Gasteiger charge is -2.21. The Balaban J connectivity index is 1.95. The third-order valence-corrected chi connectivity index (χ3v) is 4.79. The molecule has 8 nitrogen and oxygen atoms in total. The summed E-state index contributed by atoms with van der Waals surface area (Å²) in [6, 6.07) is 5.74. The third kappa shape index (κ3) is 5.31. The van der Waals surface area contributed by atoms with Crippen LogP contribution in [0.2, 0.25) is 0 Å². The van der Waals surface area contributed by atoms with E-state index < -0.39 is 30.5 Å². The van der Waals surface area contributed by atoms with Gasteiger partial charge in [0.2, 0.25) is 5.91 Å². The minimum Gasteiger partial charge on any atom is -0.467 e. The van der Waals surface area contributed by atoms with E-state index in [4.69, 9.17) is 9.47 Å². The van der Waals surface area contributed by atoms with Crippen molar-refractivity contribution < 1.29 is 28.7 Å². The number of anilines is 1. The van der Waals surface area contributed by atoms with Crippen molar-refractivity contribution in [1.82, 2.24) is 5.32 Å². The highest BCUT2D eigenvalue weighted by Crippen LogP contribution is 2.22. The topological polar surface area (TPSA) is 102 Å². The van der Waals surface area contributed by atoms with Gasteiger partial charge in [0.15, 0.2) is 6.61 Å². The van der Waals surface area contributed by atoms with Gasteiger partial charge in [-0.25, -0.2) is 9.59 Å². The van der Waals surface area contributed by atoms with Crippen LogP contribution in [0, 0.1) is 5.92 Å². The first-order valence-corrected chi connectivity index (χ1v) is 9.32. The fourth-order valence-corrected chi connectivity index (χ4v) is 2.95. The van der Waals surface area contributed by atoms with Crippen LogP contribution < -0.4 is 10.2 Å². The Morgan fingerprint density at radius 1 is 1.29 bits per heavy atom. The molecule has 1 aromatic rings. The van der Waals surface area contributed by atoms with Crippen molar-refractivity contribution in [3.05, 3.63) is 29.8 Å². The minimum atomic E-state index is -0.800. The van der Waals surface area contributed by atoms with Crippen LogP contribution in [0.5, 0.6) is 0 Å². The second kappa shape index (κ2) is 9.87. The number of carbonyl (C=O) groups excluding carboxylic acids is 4. The molecular formula is C20H26N2O6. The quantitative estimate of drug-likeness (QED) is 0.678. The van der Waals surface area contributed by atoms with E-state index in [2.05, 4.69) is 5.32 Å². The summed E-state index contributed by atoms with van der Waals surface area (Å²) in [7, 11) is 1.25. The summed E-state index contributed by atoms with van der Waals surface area (Å²) in [6.45, 7) is 3.81. The van der Waals surface area contributed by atoms with Crippen molar-refractivity contribution >= 4 is 29.4 Å². The summed E-state index contributed by atoms with van der Waals surface area (Å²) in [5, 5.41) is 2.54. The summed E-state index contributed by atoms with van der Waals surface area (Å²) in [4.78, 5) is 49.7. The molecule has 0 saturated carbocycles. The number of ether oxygens (including phenoxy) is 2. The van der Waals surface area contributed by atoms with Gasteiger partial charge in [0.1, 0.15) is 6.04 Å². The van der Waals surface area contributed by atoms with Gasteiger partial charge >= 0.3 is 11.9 Å². The molecule has 1 saturated heterocycles. The molecule has 1 heterocycles. The largest absolute Gasteiger partial charge is 0.467 e. The van der Waals surface area contributed by atoms with E-state index in [1.165, 1.54) is 7.11 Å². The monoisotopic (exact) mass is 390 g/mol. The van der Waals surface area contributed by atoms with Gasteiger partial charge in [0.25, 0.3) is 5.91 Å². The van der Waals surface area contributed by atoms with E-state index in [-0.39, 0.29) is 17.4 Å². The average Bonchev–Trinajstić information content (AvgIpc) is 3.15. The predicted molar refractivity (Wildman–Crippen MR) is 102 cm³/mol. The molecule has 0 aromatic heterocycles. The zero-order valence-corrected chi connectivity index (χ0v) is 16.4. The van der Waals surface area contributed by atoms with Crippen LogP contribution in [0.15, 0.2) is 24.3 Å². The molecule has 0 radical (unpaired) electrons. The van der Waals surface area contributed by atoms with E-state index in [1.807, 2.05) is 13.8 Å². The maximum atomic E-state index is 12.3. The highest BCUT2D eigenvalue weighted by molar-refractivity contribution is 5.98. The van der Waals surface area contributed by atoms with Crippen LogP contribution in [0.1, 0.15) is 43.5 Å². The summed E-state index contributed by atoms with van der Waals surface area (Å²) in [5.41, 5.74) is 0.875. The standard InChI is InChI=1S/C20H26N2O6/c1-4-13(2)18(20(26)27-3)21-16(23)12-28-19(25)14-7-5-8-15(11-14)22-10-6-9-17(22)24/h5,7-8,11,13,18H,4,6,9-10,12H2,1-3H3,(H,21,23)/t13-,18+/m0/s1. The summed E-state index contributed by atoms with van der Waals surface area (Å²) in [6.07, 6.45) is 1.94. The van der Waals surface area contributed by atoms with Crippen molar-refractivity contribution in [2.45, 2.75) is 39.2 Å². The highest BCUT2D eigenvalue weighted by atomic mass is 16.5.